The minimum Gasteiger partial charge on any atom is -0.489 e. The second-order valence-electron chi connectivity index (χ2n) is 8.35. The second-order valence-corrected chi connectivity index (χ2v) is 10.6. The van der Waals surface area contributed by atoms with Crippen molar-refractivity contribution in [2.45, 2.75) is 31.0 Å². The van der Waals surface area contributed by atoms with E-state index < -0.39 is 27.9 Å². The van der Waals surface area contributed by atoms with Crippen LogP contribution in [0.4, 0.5) is 10.1 Å². The molecule has 0 saturated carbocycles. The van der Waals surface area contributed by atoms with E-state index in [2.05, 4.69) is 4.74 Å². The van der Waals surface area contributed by atoms with Gasteiger partial charge in [-0.25, -0.2) is 17.6 Å². The van der Waals surface area contributed by atoms with Crippen molar-refractivity contribution in [3.8, 4) is 5.75 Å². The first-order valence-electron chi connectivity index (χ1n) is 11.2. The largest absolute Gasteiger partial charge is 0.489 e. The normalized spacial score (nSPS) is 15.3. The Bertz CT molecular complexity index is 1360. The predicted molar refractivity (Wildman–Crippen MR) is 133 cm³/mol. The molecule has 1 aliphatic heterocycles. The topological polar surface area (TPSA) is 82.1 Å². The van der Waals surface area contributed by atoms with E-state index in [0.29, 0.717) is 23.4 Å². The van der Waals surface area contributed by atoms with Crippen molar-refractivity contribution >= 4 is 33.3 Å². The van der Waals surface area contributed by atoms with Crippen LogP contribution in [0.25, 0.3) is 0 Å². The number of nitrogens with zero attached hydrogens (tertiary/aromatic N) is 1. The summed E-state index contributed by atoms with van der Waals surface area (Å²) in [6, 6.07) is 16.0. The van der Waals surface area contributed by atoms with Crippen LogP contribution in [0.5, 0.6) is 5.75 Å². The molecule has 7 nitrogen and oxygen atoms in total. The molecule has 0 spiro atoms. The zero-order valence-electron chi connectivity index (χ0n) is 19.7. The van der Waals surface area contributed by atoms with Crippen molar-refractivity contribution in [1.82, 2.24) is 0 Å². The number of esters is 1. The third kappa shape index (κ3) is 5.64. The summed E-state index contributed by atoms with van der Waals surface area (Å²) >= 11 is 6.10. The third-order valence-electron chi connectivity index (χ3n) is 5.83. The highest BCUT2D eigenvalue weighted by atomic mass is 35.5. The average molecular weight is 534 g/mol. The summed E-state index contributed by atoms with van der Waals surface area (Å²) in [4.78, 5) is 11.7. The van der Waals surface area contributed by atoms with E-state index in [9.17, 15) is 17.6 Å². The van der Waals surface area contributed by atoms with Crippen LogP contribution >= 0.6 is 11.6 Å². The molecule has 3 aromatic carbocycles. The molecule has 0 aliphatic carbocycles. The number of carbonyl (C=O) groups is 1. The molecule has 0 saturated heterocycles. The van der Waals surface area contributed by atoms with Gasteiger partial charge >= 0.3 is 5.97 Å². The minimum absolute atomic E-state index is 0.0110. The maximum Gasteiger partial charge on any atom is 0.331 e. The first-order valence-corrected chi connectivity index (χ1v) is 13.0. The molecule has 3 aromatic rings. The average Bonchev–Trinajstić information content (AvgIpc) is 2.86. The second kappa shape index (κ2) is 10.9. The Morgan fingerprint density at radius 1 is 1.14 bits per heavy atom. The van der Waals surface area contributed by atoms with E-state index >= 15 is 0 Å². The van der Waals surface area contributed by atoms with E-state index in [1.54, 1.807) is 36.4 Å². The number of anilines is 1. The molecule has 190 valence electrons. The number of halogens is 2. The Labute approximate surface area is 214 Å². The van der Waals surface area contributed by atoms with Crippen LogP contribution in [0.2, 0.25) is 5.02 Å². The quantitative estimate of drug-likeness (QED) is 0.391. The number of aryl methyl sites for hydroxylation is 1. The monoisotopic (exact) mass is 533 g/mol. The summed E-state index contributed by atoms with van der Waals surface area (Å²) in [5.41, 5.74) is 2.12. The van der Waals surface area contributed by atoms with Crippen molar-refractivity contribution in [2.75, 3.05) is 24.6 Å². The fourth-order valence-corrected chi connectivity index (χ4v) is 5.79. The maximum atomic E-state index is 14.2. The molecule has 4 rings (SSSR count). The van der Waals surface area contributed by atoms with Gasteiger partial charge in [0.05, 0.1) is 35.4 Å². The summed E-state index contributed by atoms with van der Waals surface area (Å²) in [5.74, 6) is -0.689. The molecule has 0 fully saturated rings. The molecule has 36 heavy (non-hydrogen) atoms. The number of rotatable bonds is 8. The predicted octanol–water partition coefficient (Wildman–Crippen LogP) is 4.68. The Hall–Kier alpha value is -3.14. The lowest BCUT2D eigenvalue weighted by molar-refractivity contribution is -0.147. The molecule has 1 heterocycles. The van der Waals surface area contributed by atoms with E-state index in [-0.39, 0.29) is 35.2 Å². The lowest BCUT2D eigenvalue weighted by Gasteiger charge is -2.35. The van der Waals surface area contributed by atoms with Gasteiger partial charge in [0, 0.05) is 18.1 Å². The van der Waals surface area contributed by atoms with Gasteiger partial charge in [-0.3, -0.25) is 4.31 Å². The molecule has 0 aromatic heterocycles. The van der Waals surface area contributed by atoms with E-state index in [4.69, 9.17) is 21.1 Å². The molecule has 10 heteroatoms. The van der Waals surface area contributed by atoms with E-state index in [1.165, 1.54) is 29.6 Å². The zero-order chi connectivity index (χ0) is 25.9. The van der Waals surface area contributed by atoms with Crippen LogP contribution in [0.15, 0.2) is 65.6 Å². The van der Waals surface area contributed by atoms with Crippen LogP contribution in [0.1, 0.15) is 16.7 Å². The molecule has 1 aliphatic rings. The van der Waals surface area contributed by atoms with Crippen LogP contribution in [-0.2, 0) is 37.3 Å². The fourth-order valence-electron chi connectivity index (χ4n) is 3.94. The summed E-state index contributed by atoms with van der Waals surface area (Å²) in [6.07, 6.45) is -0.189. The number of ether oxygens (including phenoxy) is 3. The Balaban J connectivity index is 1.67. The van der Waals surface area contributed by atoms with Gasteiger partial charge in [0.25, 0.3) is 10.0 Å². The van der Waals surface area contributed by atoms with Gasteiger partial charge in [0.15, 0.2) is 0 Å². The number of sulfonamides is 1. The molecule has 0 radical (unpaired) electrons. The molecule has 0 unspecified atom stereocenters. The highest BCUT2D eigenvalue weighted by Gasteiger charge is 2.34. The molecule has 1 atom stereocenters. The summed E-state index contributed by atoms with van der Waals surface area (Å²) in [6.45, 7) is 1.38. The highest BCUT2D eigenvalue weighted by molar-refractivity contribution is 7.92. The summed E-state index contributed by atoms with van der Waals surface area (Å²) < 4.78 is 58.9. The number of methoxy groups -OCH3 is 1. The van der Waals surface area contributed by atoms with Gasteiger partial charge in [-0.1, -0.05) is 35.9 Å². The Morgan fingerprint density at radius 3 is 2.64 bits per heavy atom. The third-order valence-corrected chi connectivity index (χ3v) is 7.96. The summed E-state index contributed by atoms with van der Waals surface area (Å²) in [5, 5.41) is 0.238. The molecular weight excluding hydrogens is 509 g/mol. The number of hydrogen-bond acceptors (Lipinski definition) is 6. The summed E-state index contributed by atoms with van der Waals surface area (Å²) in [7, 11) is -2.72. The van der Waals surface area contributed by atoms with Crippen molar-refractivity contribution in [3.05, 3.63) is 88.2 Å². The molecular formula is C26H25ClFNO6S. The standard InChI is InChI=1S/C26H25ClFNO6S/c1-17-5-3-6-21(11-17)36(31,32)29-14-20(35-16-26(30)33-2)12-18-9-10-19(13-25(18)29)34-15-22-23(27)7-4-8-24(22)28/h3-11,13,20H,12,14-16H2,1-2H3/t20-/m1/s1. The Morgan fingerprint density at radius 2 is 1.92 bits per heavy atom. The van der Waals surface area contributed by atoms with Crippen LogP contribution in [0, 0.1) is 12.7 Å². The van der Waals surface area contributed by atoms with Gasteiger partial charge in [-0.05, 0) is 48.4 Å². The van der Waals surface area contributed by atoms with Gasteiger partial charge in [0.2, 0.25) is 0 Å². The number of fused-ring (bicyclic) bond motifs is 1. The highest BCUT2D eigenvalue weighted by Crippen LogP contribution is 2.36. The van der Waals surface area contributed by atoms with Crippen molar-refractivity contribution in [2.24, 2.45) is 0 Å². The van der Waals surface area contributed by atoms with Crippen molar-refractivity contribution in [3.63, 3.8) is 0 Å². The molecule has 0 bridgehead atoms. The minimum atomic E-state index is -3.97. The van der Waals surface area contributed by atoms with Crippen molar-refractivity contribution < 1.29 is 31.8 Å². The lowest BCUT2D eigenvalue weighted by Crippen LogP contribution is -2.44. The van der Waals surface area contributed by atoms with Gasteiger partial charge in [-0.15, -0.1) is 0 Å². The molecule has 0 N–H and O–H groups in total. The van der Waals surface area contributed by atoms with Crippen LogP contribution in [0.3, 0.4) is 0 Å². The van der Waals surface area contributed by atoms with E-state index in [1.807, 2.05) is 13.0 Å². The van der Waals surface area contributed by atoms with E-state index in [0.717, 1.165) is 5.56 Å². The smallest absolute Gasteiger partial charge is 0.331 e. The number of hydrogen-bond donors (Lipinski definition) is 0. The van der Waals surface area contributed by atoms with Crippen molar-refractivity contribution in [1.29, 1.82) is 0 Å². The van der Waals surface area contributed by atoms with Gasteiger partial charge < -0.3 is 14.2 Å². The fraction of sp³-hybridized carbons (Fsp3) is 0.269. The maximum absolute atomic E-state index is 14.2. The number of benzene rings is 3. The lowest BCUT2D eigenvalue weighted by atomic mass is 10.0. The Kier molecular flexibility index (Phi) is 7.82. The SMILES string of the molecule is COC(=O)CO[C@@H]1Cc2ccc(OCc3c(F)cccc3Cl)cc2N(S(=O)(=O)c2cccc(C)c2)C1. The first-order chi connectivity index (χ1) is 17.2. The first kappa shape index (κ1) is 25.9. The van der Waals surface area contributed by atoms with Crippen LogP contribution < -0.4 is 9.04 Å². The van der Waals surface area contributed by atoms with Gasteiger partial charge in [0.1, 0.15) is 24.8 Å². The van der Waals surface area contributed by atoms with Gasteiger partial charge in [-0.2, -0.15) is 0 Å². The zero-order valence-corrected chi connectivity index (χ0v) is 21.3. The number of carbonyl (C=O) groups excluding carboxylic acids is 1. The van der Waals surface area contributed by atoms with Crippen LogP contribution in [-0.4, -0.2) is 40.8 Å². The molecule has 0 amide bonds.